The van der Waals surface area contributed by atoms with E-state index in [1.165, 1.54) is 0 Å². The van der Waals surface area contributed by atoms with Crippen LogP contribution in [0.5, 0.6) is 0 Å². The van der Waals surface area contributed by atoms with Gasteiger partial charge in [0.2, 0.25) is 0 Å². The van der Waals surface area contributed by atoms with Crippen molar-refractivity contribution in [2.24, 2.45) is 0 Å². The minimum atomic E-state index is 0.789. The minimum absolute atomic E-state index is 0.789. The van der Waals surface area contributed by atoms with E-state index in [-0.39, 0.29) is 0 Å². The maximum Gasteiger partial charge on any atom is 0.0341 e. The molecule has 0 spiro atoms. The van der Waals surface area contributed by atoms with Crippen LogP contribution in [-0.2, 0) is 0 Å². The number of hydrogen-bond donors (Lipinski definition) is 6. The van der Waals surface area contributed by atoms with E-state index >= 15 is 0 Å². The summed E-state index contributed by atoms with van der Waals surface area (Å²) in [4.78, 5) is 2.56. The lowest BCUT2D eigenvalue weighted by Crippen LogP contribution is -2.30. The molecule has 0 unspecified atom stereocenters. The normalized spacial score (nSPS) is 10.9. The Hall–Kier alpha value is -3.58. The number of nitrogens with one attached hydrogen (secondary N) is 3. The van der Waals surface area contributed by atoms with E-state index in [1.54, 1.807) is 0 Å². The number of nitrogens with two attached hydrogens (primary N) is 3. The smallest absolute Gasteiger partial charge is 0.0341 e. The molecule has 7 nitrogen and oxygen atoms in total. The summed E-state index contributed by atoms with van der Waals surface area (Å²) in [5.74, 6) is 0. The Morgan fingerprint density at radius 1 is 0.441 bits per heavy atom. The first kappa shape index (κ1) is 25.1. The topological polar surface area (TPSA) is 117 Å². The van der Waals surface area contributed by atoms with E-state index in [4.69, 9.17) is 17.2 Å². The number of hydrogen-bond acceptors (Lipinski definition) is 7. The van der Waals surface area contributed by atoms with Crippen molar-refractivity contribution < 1.29 is 0 Å². The highest BCUT2D eigenvalue weighted by atomic mass is 15.1. The molecule has 0 aliphatic heterocycles. The molecule has 3 aromatic carbocycles. The molecule has 0 atom stereocenters. The highest BCUT2D eigenvalue weighted by Gasteiger charge is 2.05. The van der Waals surface area contributed by atoms with Crippen molar-refractivity contribution in [1.82, 2.24) is 4.90 Å². The van der Waals surface area contributed by atoms with Crippen LogP contribution in [-0.4, -0.2) is 44.2 Å². The molecule has 0 heterocycles. The largest absolute Gasteiger partial charge is 0.399 e. The molecule has 7 heteroatoms. The third-order valence-electron chi connectivity index (χ3n) is 5.67. The van der Waals surface area contributed by atoms with Gasteiger partial charge >= 0.3 is 0 Å². The Morgan fingerprint density at radius 3 is 0.971 bits per heavy atom. The molecule has 182 valence electrons. The summed E-state index contributed by atoms with van der Waals surface area (Å²) in [6.45, 7) is 6.00. The summed E-state index contributed by atoms with van der Waals surface area (Å²) in [6, 6.07) is 23.7. The molecule has 0 amide bonds. The average molecular weight is 462 g/mol. The lowest BCUT2D eigenvalue weighted by atomic mass is 10.2. The monoisotopic (exact) mass is 461 g/mol. The fourth-order valence-corrected chi connectivity index (χ4v) is 3.74. The summed E-state index contributed by atoms with van der Waals surface area (Å²) >= 11 is 0. The summed E-state index contributed by atoms with van der Waals surface area (Å²) in [5.41, 5.74) is 23.0. The zero-order valence-corrected chi connectivity index (χ0v) is 20.0. The highest BCUT2D eigenvalue weighted by Crippen LogP contribution is 2.12. The Morgan fingerprint density at radius 2 is 0.706 bits per heavy atom. The maximum atomic E-state index is 5.77. The first-order valence-electron chi connectivity index (χ1n) is 12.1. The van der Waals surface area contributed by atoms with Crippen molar-refractivity contribution in [2.75, 3.05) is 72.4 Å². The van der Waals surface area contributed by atoms with Gasteiger partial charge in [-0.3, -0.25) is 0 Å². The Labute approximate surface area is 203 Å². The molecule has 0 fully saturated rings. The van der Waals surface area contributed by atoms with Crippen LogP contribution in [0.3, 0.4) is 0 Å². The molecule has 0 radical (unpaired) electrons. The van der Waals surface area contributed by atoms with Gasteiger partial charge in [0.15, 0.2) is 0 Å². The Balaban J connectivity index is 1.39. The van der Waals surface area contributed by atoms with Crippen molar-refractivity contribution in [3.8, 4) is 0 Å². The van der Waals surface area contributed by atoms with Gasteiger partial charge in [-0.25, -0.2) is 0 Å². The lowest BCUT2D eigenvalue weighted by molar-refractivity contribution is 0.271. The second kappa shape index (κ2) is 13.9. The summed E-state index contributed by atoms with van der Waals surface area (Å²) < 4.78 is 0. The predicted octanol–water partition coefficient (Wildman–Crippen LogP) is 4.54. The van der Waals surface area contributed by atoms with Crippen LogP contribution in [0.15, 0.2) is 72.8 Å². The minimum Gasteiger partial charge on any atom is -0.399 e. The average Bonchev–Trinajstić information content (AvgIpc) is 2.85. The molecule has 3 aromatic rings. The second-order valence-electron chi connectivity index (χ2n) is 8.55. The lowest BCUT2D eigenvalue weighted by Gasteiger charge is -2.23. The van der Waals surface area contributed by atoms with Crippen molar-refractivity contribution in [2.45, 2.75) is 19.3 Å². The maximum absolute atomic E-state index is 5.77. The van der Waals surface area contributed by atoms with E-state index in [0.29, 0.717) is 0 Å². The summed E-state index contributed by atoms with van der Waals surface area (Å²) in [6.07, 6.45) is 3.25. The van der Waals surface area contributed by atoms with Gasteiger partial charge in [-0.15, -0.1) is 0 Å². The van der Waals surface area contributed by atoms with Crippen molar-refractivity contribution in [1.29, 1.82) is 0 Å². The molecule has 0 aliphatic rings. The summed E-state index contributed by atoms with van der Waals surface area (Å²) in [5, 5.41) is 10.5. The standard InChI is InChI=1S/C27H39N7/c28-22-4-10-25(11-5-22)31-16-1-19-34(20-2-17-32-26-12-6-23(29)7-13-26)21-3-18-33-27-14-8-24(30)9-15-27/h4-15,31-33H,1-3,16-21,28-30H2. The number of benzene rings is 3. The molecular formula is C27H39N7. The van der Waals surface area contributed by atoms with Crippen LogP contribution in [0, 0.1) is 0 Å². The molecule has 0 saturated heterocycles. The van der Waals surface area contributed by atoms with Gasteiger partial charge in [0.25, 0.3) is 0 Å². The third kappa shape index (κ3) is 9.50. The molecule has 34 heavy (non-hydrogen) atoms. The van der Waals surface area contributed by atoms with Crippen LogP contribution in [0.1, 0.15) is 19.3 Å². The second-order valence-corrected chi connectivity index (χ2v) is 8.55. The number of rotatable bonds is 15. The predicted molar refractivity (Wildman–Crippen MR) is 148 cm³/mol. The quantitative estimate of drug-likeness (QED) is 0.145. The SMILES string of the molecule is Nc1ccc(NCCCN(CCCNc2ccc(N)cc2)CCCNc2ccc(N)cc2)cc1. The van der Waals surface area contributed by atoms with Crippen LogP contribution in [0.2, 0.25) is 0 Å². The Bertz CT molecular complexity index is 813. The van der Waals surface area contributed by atoms with E-state index in [0.717, 1.165) is 92.7 Å². The number of nitrogens with zero attached hydrogens (tertiary/aromatic N) is 1. The highest BCUT2D eigenvalue weighted by molar-refractivity contribution is 5.52. The molecule has 0 aromatic heterocycles. The van der Waals surface area contributed by atoms with Gasteiger partial charge in [0, 0.05) is 53.8 Å². The van der Waals surface area contributed by atoms with Gasteiger partial charge in [0.1, 0.15) is 0 Å². The van der Waals surface area contributed by atoms with E-state index in [2.05, 4.69) is 20.9 Å². The molecular weight excluding hydrogens is 422 g/mol. The molecule has 0 bridgehead atoms. The van der Waals surface area contributed by atoms with E-state index in [1.807, 2.05) is 72.8 Å². The van der Waals surface area contributed by atoms with E-state index in [9.17, 15) is 0 Å². The van der Waals surface area contributed by atoms with Crippen molar-refractivity contribution in [3.05, 3.63) is 72.8 Å². The van der Waals surface area contributed by atoms with Crippen molar-refractivity contribution in [3.63, 3.8) is 0 Å². The van der Waals surface area contributed by atoms with Gasteiger partial charge in [0.05, 0.1) is 0 Å². The Kier molecular flexibility index (Phi) is 10.2. The first-order valence-corrected chi connectivity index (χ1v) is 12.1. The van der Waals surface area contributed by atoms with Crippen LogP contribution < -0.4 is 33.2 Å². The zero-order valence-electron chi connectivity index (χ0n) is 20.0. The molecule has 3 rings (SSSR count). The van der Waals surface area contributed by atoms with Gasteiger partial charge in [-0.05, 0) is 112 Å². The van der Waals surface area contributed by atoms with Crippen LogP contribution in [0.4, 0.5) is 34.1 Å². The zero-order chi connectivity index (χ0) is 24.0. The molecule has 9 N–H and O–H groups in total. The van der Waals surface area contributed by atoms with Gasteiger partial charge in [-0.1, -0.05) is 0 Å². The van der Waals surface area contributed by atoms with Gasteiger partial charge in [-0.2, -0.15) is 0 Å². The fraction of sp³-hybridized carbons (Fsp3) is 0.333. The fourth-order valence-electron chi connectivity index (χ4n) is 3.74. The van der Waals surface area contributed by atoms with Crippen LogP contribution >= 0.6 is 0 Å². The first-order chi connectivity index (χ1) is 16.6. The number of anilines is 6. The van der Waals surface area contributed by atoms with Gasteiger partial charge < -0.3 is 38.1 Å². The number of nitrogen functional groups attached to an aromatic ring is 3. The molecule has 0 saturated carbocycles. The van der Waals surface area contributed by atoms with E-state index < -0.39 is 0 Å². The summed E-state index contributed by atoms with van der Waals surface area (Å²) in [7, 11) is 0. The van der Waals surface area contributed by atoms with Crippen LogP contribution in [0.25, 0.3) is 0 Å². The molecule has 0 aliphatic carbocycles. The third-order valence-corrected chi connectivity index (χ3v) is 5.67. The van der Waals surface area contributed by atoms with Crippen molar-refractivity contribution >= 4 is 34.1 Å².